The minimum atomic E-state index is -0.0810. The molecule has 1 N–H and O–H groups in total. The van der Waals surface area contributed by atoms with Gasteiger partial charge in [-0.25, -0.2) is 4.98 Å². The van der Waals surface area contributed by atoms with E-state index in [1.165, 1.54) is 0 Å². The van der Waals surface area contributed by atoms with Crippen LogP contribution in [0.25, 0.3) is 10.8 Å². The van der Waals surface area contributed by atoms with E-state index in [0.29, 0.717) is 34.8 Å². The Kier molecular flexibility index (Phi) is 2.63. The molecule has 1 aliphatic carbocycles. The summed E-state index contributed by atoms with van der Waals surface area (Å²) in [6.07, 6.45) is 1.61. The van der Waals surface area contributed by atoms with E-state index < -0.39 is 0 Å². The van der Waals surface area contributed by atoms with Crippen molar-refractivity contribution in [3.05, 3.63) is 65.2 Å². The van der Waals surface area contributed by atoms with Crippen LogP contribution < -0.4 is 0 Å². The van der Waals surface area contributed by atoms with E-state index in [4.69, 9.17) is 0 Å². The quantitative estimate of drug-likeness (QED) is 0.433. The summed E-state index contributed by atoms with van der Waals surface area (Å²) in [6, 6.07) is 11.5. The van der Waals surface area contributed by atoms with Crippen LogP contribution >= 0.6 is 0 Å². The number of hydrogen-bond acceptors (Lipinski definition) is 4. The molecule has 0 aliphatic heterocycles. The van der Waals surface area contributed by atoms with E-state index >= 15 is 0 Å². The third-order valence-electron chi connectivity index (χ3n) is 4.10. The minimum absolute atomic E-state index is 0.0810. The molecule has 0 unspecified atom stereocenters. The van der Waals surface area contributed by atoms with Gasteiger partial charge in [0, 0.05) is 17.7 Å². The lowest BCUT2D eigenvalue weighted by molar-refractivity contribution is 0.102. The van der Waals surface area contributed by atoms with Crippen LogP contribution in [-0.2, 0) is 6.54 Å². The first kappa shape index (κ1) is 12.8. The predicted molar refractivity (Wildman–Crippen MR) is 82.7 cm³/mol. The first-order chi connectivity index (χ1) is 10.7. The van der Waals surface area contributed by atoms with Gasteiger partial charge in [0.2, 0.25) is 5.78 Å². The number of benzene rings is 2. The van der Waals surface area contributed by atoms with Crippen LogP contribution in [0.1, 0.15) is 34.2 Å². The van der Waals surface area contributed by atoms with E-state index in [9.17, 15) is 10.0 Å². The highest BCUT2D eigenvalue weighted by molar-refractivity contribution is 6.29. The van der Waals surface area contributed by atoms with Crippen molar-refractivity contribution in [2.75, 3.05) is 0 Å². The zero-order chi connectivity index (χ0) is 15.3. The van der Waals surface area contributed by atoms with Crippen molar-refractivity contribution in [3.8, 4) is 0 Å². The van der Waals surface area contributed by atoms with Crippen molar-refractivity contribution in [2.24, 2.45) is 5.16 Å². The molecule has 0 atom stereocenters. The van der Waals surface area contributed by atoms with Crippen molar-refractivity contribution < 1.29 is 10.0 Å². The zero-order valence-corrected chi connectivity index (χ0v) is 11.9. The summed E-state index contributed by atoms with van der Waals surface area (Å²) in [4.78, 5) is 17.1. The van der Waals surface area contributed by atoms with Crippen LogP contribution in [0.3, 0.4) is 0 Å². The monoisotopic (exact) mass is 291 g/mol. The molecule has 0 spiro atoms. The largest absolute Gasteiger partial charge is 0.410 e. The van der Waals surface area contributed by atoms with Crippen LogP contribution in [0.5, 0.6) is 0 Å². The number of nitrogens with zero attached hydrogens (tertiary/aromatic N) is 3. The van der Waals surface area contributed by atoms with Gasteiger partial charge in [-0.2, -0.15) is 0 Å². The molecule has 4 rings (SSSR count). The van der Waals surface area contributed by atoms with Gasteiger partial charge in [-0.3, -0.25) is 4.79 Å². The van der Waals surface area contributed by atoms with Gasteiger partial charge in [-0.15, -0.1) is 0 Å². The van der Waals surface area contributed by atoms with Gasteiger partial charge in [0.15, 0.2) is 0 Å². The highest BCUT2D eigenvalue weighted by atomic mass is 16.4. The van der Waals surface area contributed by atoms with Crippen LogP contribution in [0.15, 0.2) is 47.9 Å². The fourth-order valence-corrected chi connectivity index (χ4v) is 3.01. The summed E-state index contributed by atoms with van der Waals surface area (Å²) < 4.78 is 1.78. The lowest BCUT2D eigenvalue weighted by Crippen LogP contribution is -2.23. The standard InChI is InChI=1S/C17H13N3O2/c1-2-20-9-18-15-14(19-22)12-7-10-5-3-4-6-11(10)8-13(12)17(21)16(15)20/h3-9,22H,2H2,1H3/b19-14+. The molecular formula is C17H13N3O2. The Morgan fingerprint density at radius 2 is 1.86 bits per heavy atom. The molecule has 1 aliphatic rings. The highest BCUT2D eigenvalue weighted by Crippen LogP contribution is 2.30. The number of imidazole rings is 1. The molecule has 2 aromatic carbocycles. The molecule has 0 fully saturated rings. The lowest BCUT2D eigenvalue weighted by atomic mass is 9.87. The minimum Gasteiger partial charge on any atom is -0.410 e. The molecule has 5 heteroatoms. The fraction of sp³-hybridized carbons (Fsp3) is 0.118. The smallest absolute Gasteiger partial charge is 0.212 e. The van der Waals surface area contributed by atoms with Gasteiger partial charge in [-0.1, -0.05) is 29.4 Å². The van der Waals surface area contributed by atoms with E-state index in [1.807, 2.05) is 43.3 Å². The van der Waals surface area contributed by atoms with Crippen LogP contribution in [0, 0.1) is 0 Å². The van der Waals surface area contributed by atoms with Gasteiger partial charge in [-0.05, 0) is 29.8 Å². The van der Waals surface area contributed by atoms with Crippen LogP contribution in [0.4, 0.5) is 0 Å². The number of aromatic nitrogens is 2. The Labute approximate surface area is 126 Å². The van der Waals surface area contributed by atoms with Crippen molar-refractivity contribution in [1.29, 1.82) is 0 Å². The molecule has 5 nitrogen and oxygen atoms in total. The van der Waals surface area contributed by atoms with Gasteiger partial charge in [0.1, 0.15) is 17.1 Å². The fourth-order valence-electron chi connectivity index (χ4n) is 3.01. The molecule has 0 radical (unpaired) electrons. The van der Waals surface area contributed by atoms with Crippen LogP contribution in [-0.4, -0.2) is 26.3 Å². The Bertz CT molecular complexity index is 954. The Morgan fingerprint density at radius 1 is 1.18 bits per heavy atom. The number of aryl methyl sites for hydroxylation is 1. The average Bonchev–Trinajstić information content (AvgIpc) is 2.98. The van der Waals surface area contributed by atoms with E-state index in [0.717, 1.165) is 10.8 Å². The summed E-state index contributed by atoms with van der Waals surface area (Å²) in [6.45, 7) is 2.58. The molecule has 0 amide bonds. The highest BCUT2D eigenvalue weighted by Gasteiger charge is 2.33. The van der Waals surface area contributed by atoms with E-state index in [1.54, 1.807) is 10.9 Å². The van der Waals surface area contributed by atoms with Crippen molar-refractivity contribution in [1.82, 2.24) is 9.55 Å². The normalized spacial score (nSPS) is 15.1. The molecule has 22 heavy (non-hydrogen) atoms. The number of carbonyl (C=O) groups excluding carboxylic acids is 1. The maximum atomic E-state index is 12.9. The van der Waals surface area contributed by atoms with Gasteiger partial charge < -0.3 is 9.77 Å². The molecule has 0 bridgehead atoms. The summed E-state index contributed by atoms with van der Waals surface area (Å²) in [5, 5.41) is 14.8. The molecule has 0 saturated heterocycles. The molecular weight excluding hydrogens is 278 g/mol. The summed E-state index contributed by atoms with van der Waals surface area (Å²) in [5.74, 6) is -0.0810. The van der Waals surface area contributed by atoms with Gasteiger partial charge >= 0.3 is 0 Å². The second-order valence-corrected chi connectivity index (χ2v) is 5.25. The van der Waals surface area contributed by atoms with Crippen molar-refractivity contribution in [2.45, 2.75) is 13.5 Å². The first-order valence-corrected chi connectivity index (χ1v) is 7.10. The second kappa shape index (κ2) is 4.53. The lowest BCUT2D eigenvalue weighted by Gasteiger charge is -2.18. The first-order valence-electron chi connectivity index (χ1n) is 7.10. The topological polar surface area (TPSA) is 67.5 Å². The number of oxime groups is 1. The number of hydrogen-bond donors (Lipinski definition) is 1. The maximum absolute atomic E-state index is 12.9. The third kappa shape index (κ3) is 1.56. The van der Waals surface area contributed by atoms with Crippen LogP contribution in [0.2, 0.25) is 0 Å². The zero-order valence-electron chi connectivity index (χ0n) is 11.9. The second-order valence-electron chi connectivity index (χ2n) is 5.25. The van der Waals surface area contributed by atoms with Crippen molar-refractivity contribution >= 4 is 22.3 Å². The molecule has 0 saturated carbocycles. The third-order valence-corrected chi connectivity index (χ3v) is 4.10. The molecule has 1 heterocycles. The average molecular weight is 291 g/mol. The predicted octanol–water partition coefficient (Wildman–Crippen LogP) is 2.83. The van der Waals surface area contributed by atoms with E-state index in [2.05, 4.69) is 10.1 Å². The number of ketones is 1. The maximum Gasteiger partial charge on any atom is 0.212 e. The summed E-state index contributed by atoms with van der Waals surface area (Å²) in [5.41, 5.74) is 2.45. The van der Waals surface area contributed by atoms with E-state index in [-0.39, 0.29) is 5.78 Å². The van der Waals surface area contributed by atoms with Crippen molar-refractivity contribution in [3.63, 3.8) is 0 Å². The van der Waals surface area contributed by atoms with Gasteiger partial charge in [0.25, 0.3) is 0 Å². The molecule has 108 valence electrons. The summed E-state index contributed by atoms with van der Waals surface area (Å²) >= 11 is 0. The Morgan fingerprint density at radius 3 is 2.50 bits per heavy atom. The SMILES string of the molecule is CCn1cnc2c1C(=O)c1cc3ccccc3cc1/C2=N\O. The molecule has 3 aromatic rings. The Balaban J connectivity index is 2.08. The molecule has 1 aromatic heterocycles. The summed E-state index contributed by atoms with van der Waals surface area (Å²) in [7, 11) is 0. The Hall–Kier alpha value is -2.95. The van der Waals surface area contributed by atoms with Gasteiger partial charge in [0.05, 0.1) is 6.33 Å². The number of carbonyl (C=O) groups is 1. The number of fused-ring (bicyclic) bond motifs is 3. The number of rotatable bonds is 1.